The molecule has 2 N–H and O–H groups in total. The number of amides is 1. The molecule has 5 nitrogen and oxygen atoms in total. The molecule has 190 valence electrons. The number of quaternary nitrogens is 1. The molecule has 6 heteroatoms. The number of Topliss-reactive ketones (excluding diaryl/α,β-unsaturated/α-hetero) is 1. The first-order chi connectivity index (χ1) is 17.9. The third-order valence-corrected chi connectivity index (χ3v) is 8.87. The van der Waals surface area contributed by atoms with Gasteiger partial charge in [0.05, 0.1) is 32.2 Å². The first-order valence-corrected chi connectivity index (χ1v) is 13.3. The van der Waals surface area contributed by atoms with Crippen LogP contribution >= 0.6 is 0 Å². The Hall–Kier alpha value is -3.35. The predicted octanol–water partition coefficient (Wildman–Crippen LogP) is 4.43. The van der Waals surface area contributed by atoms with Gasteiger partial charge in [0.25, 0.3) is 5.91 Å². The highest BCUT2D eigenvalue weighted by Crippen LogP contribution is 2.47. The van der Waals surface area contributed by atoms with Crippen molar-refractivity contribution in [2.45, 2.75) is 37.3 Å². The van der Waals surface area contributed by atoms with E-state index in [-0.39, 0.29) is 23.5 Å². The topological polar surface area (TPSA) is 66.4 Å². The van der Waals surface area contributed by atoms with Crippen LogP contribution in [-0.2, 0) is 10.4 Å². The van der Waals surface area contributed by atoms with Gasteiger partial charge >= 0.3 is 0 Å². The summed E-state index contributed by atoms with van der Waals surface area (Å²) >= 11 is 0. The molecule has 0 saturated carbocycles. The number of carbonyl (C=O) groups is 2. The van der Waals surface area contributed by atoms with Gasteiger partial charge in [-0.05, 0) is 41.3 Å². The van der Waals surface area contributed by atoms with Crippen LogP contribution in [0.4, 0.5) is 4.39 Å². The smallest absolute Gasteiger partial charge is 0.261 e. The molecule has 0 radical (unpaired) electrons. The highest BCUT2D eigenvalue weighted by molar-refractivity contribution is 5.99. The third kappa shape index (κ3) is 4.09. The van der Waals surface area contributed by atoms with Gasteiger partial charge in [-0.3, -0.25) is 9.59 Å². The monoisotopic (exact) mass is 499 g/mol. The minimum Gasteiger partial charge on any atom is -0.372 e. The van der Waals surface area contributed by atoms with Crippen LogP contribution in [0.2, 0.25) is 0 Å². The van der Waals surface area contributed by atoms with Crippen molar-refractivity contribution in [1.29, 1.82) is 0 Å². The predicted molar refractivity (Wildman–Crippen MR) is 139 cm³/mol. The molecule has 1 amide bonds. The average Bonchev–Trinajstić information content (AvgIpc) is 3.19. The molecule has 0 aromatic heterocycles. The van der Waals surface area contributed by atoms with Gasteiger partial charge < -0.3 is 14.9 Å². The average molecular weight is 500 g/mol. The highest BCUT2D eigenvalue weighted by Gasteiger charge is 2.51. The number of nitrogens with one attached hydrogen (secondary N) is 1. The molecule has 1 aliphatic carbocycles. The number of halogens is 1. The third-order valence-electron chi connectivity index (χ3n) is 8.87. The fourth-order valence-corrected chi connectivity index (χ4v) is 6.85. The maximum absolute atomic E-state index is 13.8. The normalized spacial score (nSPS) is 24.8. The largest absolute Gasteiger partial charge is 0.372 e. The molecule has 3 heterocycles. The quantitative estimate of drug-likeness (QED) is 0.373. The summed E-state index contributed by atoms with van der Waals surface area (Å²) in [6.45, 7) is 3.80. The summed E-state index contributed by atoms with van der Waals surface area (Å²) in [5.41, 5.74) is 1.93. The SMILES string of the molecule is O=C(CCC[N+]12CCC(CC1)[C@@H](NC(=O)C1(O)c3ccccc3-c3ccccc31)C2)c1ccc(F)cc1. The number of fused-ring (bicyclic) bond motifs is 6. The van der Waals surface area contributed by atoms with Crippen molar-refractivity contribution < 1.29 is 23.6 Å². The zero-order chi connectivity index (χ0) is 25.6. The standard InChI is InChI=1S/C31H31FN2O3/c32-23-13-11-22(12-14-23)29(35)10-5-17-34-18-15-21(16-19-34)28(20-34)33-30(36)31(37)26-8-3-1-6-24(26)25-7-2-4-9-27(25)31/h1-4,6-9,11-14,21,28,37H,5,10,15-20H2/p+1/t21?,28-,34?/m0/s1. The van der Waals surface area contributed by atoms with Crippen LogP contribution in [0.15, 0.2) is 72.8 Å². The summed E-state index contributed by atoms with van der Waals surface area (Å²) < 4.78 is 14.1. The van der Waals surface area contributed by atoms with Crippen LogP contribution in [-0.4, -0.2) is 53.5 Å². The number of benzene rings is 3. The summed E-state index contributed by atoms with van der Waals surface area (Å²) in [6, 6.07) is 20.9. The lowest BCUT2D eigenvalue weighted by atomic mass is 9.80. The number of ketones is 1. The summed E-state index contributed by atoms with van der Waals surface area (Å²) in [4.78, 5) is 26.4. The van der Waals surface area contributed by atoms with Crippen molar-refractivity contribution >= 4 is 11.7 Å². The second kappa shape index (κ2) is 9.19. The van der Waals surface area contributed by atoms with Crippen LogP contribution in [0.25, 0.3) is 11.1 Å². The summed E-state index contributed by atoms with van der Waals surface area (Å²) in [6.07, 6.45) is 3.25. The molecule has 3 aliphatic heterocycles. The van der Waals surface area contributed by atoms with E-state index in [9.17, 15) is 19.1 Å². The molecule has 7 rings (SSSR count). The van der Waals surface area contributed by atoms with Crippen LogP contribution in [0, 0.1) is 11.7 Å². The van der Waals surface area contributed by atoms with E-state index in [1.165, 1.54) is 12.1 Å². The van der Waals surface area contributed by atoms with E-state index in [1.807, 2.05) is 48.5 Å². The van der Waals surface area contributed by atoms with Gasteiger partial charge in [0.15, 0.2) is 11.4 Å². The van der Waals surface area contributed by atoms with Crippen LogP contribution in [0.3, 0.4) is 0 Å². The van der Waals surface area contributed by atoms with E-state index in [2.05, 4.69) is 5.32 Å². The van der Waals surface area contributed by atoms with Gasteiger partial charge in [0.1, 0.15) is 5.82 Å². The molecule has 4 aliphatic rings. The van der Waals surface area contributed by atoms with Crippen molar-refractivity contribution in [3.05, 3.63) is 95.3 Å². The lowest BCUT2D eigenvalue weighted by molar-refractivity contribution is -0.944. The van der Waals surface area contributed by atoms with Gasteiger partial charge in [-0.1, -0.05) is 48.5 Å². The second-order valence-electron chi connectivity index (χ2n) is 10.9. The van der Waals surface area contributed by atoms with Gasteiger partial charge in [-0.15, -0.1) is 0 Å². The van der Waals surface area contributed by atoms with E-state index in [0.29, 0.717) is 29.0 Å². The number of nitrogens with zero attached hydrogens (tertiary/aromatic N) is 1. The molecule has 3 fully saturated rings. The van der Waals surface area contributed by atoms with Crippen molar-refractivity contribution in [2.24, 2.45) is 5.92 Å². The number of carbonyl (C=O) groups excluding carboxylic acids is 2. The number of rotatable bonds is 7. The van der Waals surface area contributed by atoms with E-state index < -0.39 is 5.60 Å². The van der Waals surface area contributed by atoms with E-state index >= 15 is 0 Å². The minimum atomic E-state index is -1.70. The van der Waals surface area contributed by atoms with Crippen molar-refractivity contribution in [3.63, 3.8) is 0 Å². The first-order valence-electron chi connectivity index (χ1n) is 13.3. The van der Waals surface area contributed by atoms with E-state index in [4.69, 9.17) is 0 Å². The Morgan fingerprint density at radius 2 is 1.51 bits per heavy atom. The zero-order valence-electron chi connectivity index (χ0n) is 20.8. The van der Waals surface area contributed by atoms with Crippen LogP contribution in [0.5, 0.6) is 0 Å². The lowest BCUT2D eigenvalue weighted by Crippen LogP contribution is -2.68. The van der Waals surface area contributed by atoms with Crippen LogP contribution in [0.1, 0.15) is 47.2 Å². The Morgan fingerprint density at radius 1 is 0.919 bits per heavy atom. The molecule has 37 heavy (non-hydrogen) atoms. The number of piperidine rings is 3. The highest BCUT2D eigenvalue weighted by atomic mass is 19.1. The second-order valence-corrected chi connectivity index (χ2v) is 10.9. The lowest BCUT2D eigenvalue weighted by Gasteiger charge is -2.53. The molecule has 0 unspecified atom stereocenters. The maximum Gasteiger partial charge on any atom is 0.261 e. The van der Waals surface area contributed by atoms with Crippen molar-refractivity contribution in [3.8, 4) is 11.1 Å². The Morgan fingerprint density at radius 3 is 2.14 bits per heavy atom. The Labute approximate surface area is 216 Å². The fourth-order valence-electron chi connectivity index (χ4n) is 6.85. The molecular formula is C31H32FN2O3+. The molecule has 1 atom stereocenters. The van der Waals surface area contributed by atoms with Crippen molar-refractivity contribution in [2.75, 3.05) is 26.2 Å². The number of hydrogen-bond acceptors (Lipinski definition) is 3. The molecule has 3 aromatic rings. The van der Waals surface area contributed by atoms with E-state index in [0.717, 1.165) is 61.1 Å². The Kier molecular flexibility index (Phi) is 5.97. The Balaban J connectivity index is 1.15. The van der Waals surface area contributed by atoms with Gasteiger partial charge in [0, 0.05) is 42.4 Å². The first kappa shape index (κ1) is 24.0. The molecular weight excluding hydrogens is 467 g/mol. The van der Waals surface area contributed by atoms with Crippen LogP contribution < -0.4 is 5.32 Å². The number of hydrogen-bond donors (Lipinski definition) is 2. The minimum absolute atomic E-state index is 0.00764. The van der Waals surface area contributed by atoms with E-state index in [1.54, 1.807) is 12.1 Å². The molecule has 2 bridgehead atoms. The fraction of sp³-hybridized carbons (Fsp3) is 0.355. The zero-order valence-corrected chi connectivity index (χ0v) is 20.8. The number of aliphatic hydroxyl groups is 1. The molecule has 3 aromatic carbocycles. The molecule has 3 saturated heterocycles. The Bertz CT molecular complexity index is 1300. The summed E-state index contributed by atoms with van der Waals surface area (Å²) in [7, 11) is 0. The van der Waals surface area contributed by atoms with Crippen molar-refractivity contribution in [1.82, 2.24) is 5.32 Å². The van der Waals surface area contributed by atoms with Gasteiger partial charge in [0.2, 0.25) is 0 Å². The summed E-state index contributed by atoms with van der Waals surface area (Å²) in [5.74, 6) is -0.252. The van der Waals surface area contributed by atoms with Gasteiger partial charge in [-0.25, -0.2) is 4.39 Å². The van der Waals surface area contributed by atoms with Gasteiger partial charge in [-0.2, -0.15) is 0 Å². The maximum atomic E-state index is 13.8. The summed E-state index contributed by atoms with van der Waals surface area (Å²) in [5, 5.41) is 15.1. The molecule has 0 spiro atoms.